The molecule has 0 saturated carbocycles. The fraction of sp³-hybridized carbons (Fsp3) is 0.138. The van der Waals surface area contributed by atoms with Crippen molar-refractivity contribution in [3.8, 4) is 21.8 Å². The molecule has 0 atom stereocenters. The number of anilines is 1. The van der Waals surface area contributed by atoms with Gasteiger partial charge in [0.25, 0.3) is 0 Å². The molecule has 0 aromatic carbocycles. The first kappa shape index (κ1) is 23.5. The Morgan fingerprint density at radius 3 is 2.78 bits per heavy atom. The van der Waals surface area contributed by atoms with E-state index in [1.54, 1.807) is 17.5 Å². The highest BCUT2D eigenvalue weighted by molar-refractivity contribution is 7.15. The minimum Gasteiger partial charge on any atom is -0.358 e. The lowest BCUT2D eigenvalue weighted by Crippen LogP contribution is -2.23. The van der Waals surface area contributed by atoms with E-state index in [1.165, 1.54) is 9.75 Å². The minimum absolute atomic E-state index is 0.817. The van der Waals surface area contributed by atoms with E-state index >= 15 is 0 Å². The van der Waals surface area contributed by atoms with Crippen LogP contribution in [0.4, 0.5) is 5.69 Å². The third-order valence-corrected chi connectivity index (χ3v) is 7.12. The molecule has 0 amide bonds. The molecule has 3 N–H and O–H groups in total. The maximum atomic E-state index is 4.65. The molecule has 0 saturated heterocycles. The quantitative estimate of drug-likeness (QED) is 0.260. The van der Waals surface area contributed by atoms with Gasteiger partial charge in [0.1, 0.15) is 11.3 Å². The highest BCUT2D eigenvalue weighted by atomic mass is 32.1. The maximum Gasteiger partial charge on any atom is 0.138 e. The molecule has 36 heavy (non-hydrogen) atoms. The normalized spacial score (nSPS) is 12.4. The summed E-state index contributed by atoms with van der Waals surface area (Å²) in [6.07, 6.45) is 10.4. The molecule has 0 radical (unpaired) electrons. The fourth-order valence-corrected chi connectivity index (χ4v) is 5.03. The number of aryl methyl sites for hydroxylation is 1. The van der Waals surface area contributed by atoms with Crippen LogP contribution in [0.25, 0.3) is 50.6 Å². The van der Waals surface area contributed by atoms with Gasteiger partial charge >= 0.3 is 0 Å². The number of nitrogens with zero attached hydrogens (tertiary/aromatic N) is 3. The smallest absolute Gasteiger partial charge is 0.138 e. The lowest BCUT2D eigenvalue weighted by Gasteiger charge is -2.08. The first-order chi connectivity index (χ1) is 17.5. The summed E-state index contributed by atoms with van der Waals surface area (Å²) in [4.78, 5) is 14.9. The van der Waals surface area contributed by atoms with E-state index in [0.29, 0.717) is 0 Å². The third-order valence-electron chi connectivity index (χ3n) is 6.09. The van der Waals surface area contributed by atoms with Gasteiger partial charge in [-0.15, -0.1) is 11.3 Å². The van der Waals surface area contributed by atoms with Crippen LogP contribution in [0.5, 0.6) is 0 Å². The van der Waals surface area contributed by atoms with E-state index in [9.17, 15) is 0 Å². The fourth-order valence-electron chi connectivity index (χ4n) is 4.12. The Hall–Kier alpha value is -4.23. The summed E-state index contributed by atoms with van der Waals surface area (Å²) in [7, 11) is 0. The van der Waals surface area contributed by atoms with E-state index in [1.807, 2.05) is 37.5 Å². The largest absolute Gasteiger partial charge is 0.358 e. The van der Waals surface area contributed by atoms with Gasteiger partial charge in [0, 0.05) is 49.6 Å². The van der Waals surface area contributed by atoms with Gasteiger partial charge in [0.05, 0.1) is 22.9 Å². The highest BCUT2D eigenvalue weighted by Gasteiger charge is 2.14. The van der Waals surface area contributed by atoms with Crippen molar-refractivity contribution in [2.75, 3.05) is 5.32 Å². The van der Waals surface area contributed by atoms with Gasteiger partial charge in [-0.25, -0.2) is 4.98 Å². The summed E-state index contributed by atoms with van der Waals surface area (Å²) in [5, 5.41) is 14.1. The van der Waals surface area contributed by atoms with Crippen molar-refractivity contribution in [1.29, 1.82) is 0 Å². The Labute approximate surface area is 213 Å². The number of aromatic nitrogens is 5. The molecule has 0 aliphatic rings. The van der Waals surface area contributed by atoms with Crippen LogP contribution in [0.3, 0.4) is 0 Å². The molecular formula is C29H28N6S. The van der Waals surface area contributed by atoms with Crippen LogP contribution in [0.15, 0.2) is 67.8 Å². The van der Waals surface area contributed by atoms with Crippen LogP contribution < -0.4 is 15.9 Å². The molecule has 0 bridgehead atoms. The molecule has 7 heteroatoms. The number of H-pyrrole nitrogens is 2. The number of aromatic amines is 2. The third kappa shape index (κ3) is 4.53. The average Bonchev–Trinajstić information content (AvgIpc) is 3.61. The van der Waals surface area contributed by atoms with Crippen molar-refractivity contribution in [2.45, 2.75) is 27.2 Å². The van der Waals surface area contributed by atoms with Crippen LogP contribution in [0.1, 0.15) is 30.7 Å². The molecule has 5 aromatic heterocycles. The first-order valence-electron chi connectivity index (χ1n) is 11.8. The van der Waals surface area contributed by atoms with E-state index in [4.69, 9.17) is 0 Å². The summed E-state index contributed by atoms with van der Waals surface area (Å²) in [5.74, 6) is 0. The van der Waals surface area contributed by atoms with Gasteiger partial charge in [0.15, 0.2) is 0 Å². The lowest BCUT2D eigenvalue weighted by atomic mass is 10.1. The summed E-state index contributed by atoms with van der Waals surface area (Å²) in [5.41, 5.74) is 7.30. The minimum atomic E-state index is 0.817. The molecule has 5 heterocycles. The van der Waals surface area contributed by atoms with Crippen LogP contribution >= 0.6 is 11.3 Å². The SMILES string of the molecule is C=C(CC)Nc1cncc(C(=C)/C=c2/c(-c3cc4c(-c5ccc(C)s5)ccnc4[nH]3)n[nH]/c2=C/C)c1. The van der Waals surface area contributed by atoms with Crippen molar-refractivity contribution in [3.05, 3.63) is 88.8 Å². The van der Waals surface area contributed by atoms with Crippen molar-refractivity contribution < 1.29 is 0 Å². The zero-order valence-electron chi connectivity index (χ0n) is 20.6. The average molecular weight is 493 g/mol. The number of nitrogens with one attached hydrogen (secondary N) is 3. The number of fused-ring (bicyclic) bond motifs is 1. The summed E-state index contributed by atoms with van der Waals surface area (Å²) in [6.45, 7) is 14.5. The monoisotopic (exact) mass is 492 g/mol. The number of hydrogen-bond acceptors (Lipinski definition) is 5. The molecule has 5 rings (SSSR count). The summed E-state index contributed by atoms with van der Waals surface area (Å²) >= 11 is 1.78. The number of allylic oxidation sites excluding steroid dienone is 2. The van der Waals surface area contributed by atoms with Crippen LogP contribution in [0.2, 0.25) is 0 Å². The zero-order valence-corrected chi connectivity index (χ0v) is 21.5. The van der Waals surface area contributed by atoms with Crippen LogP contribution in [0, 0.1) is 6.92 Å². The molecule has 6 nitrogen and oxygen atoms in total. The Kier molecular flexibility index (Phi) is 6.40. The number of hydrogen-bond donors (Lipinski definition) is 3. The van der Waals surface area contributed by atoms with Crippen molar-refractivity contribution >= 4 is 45.8 Å². The Balaban J connectivity index is 1.58. The van der Waals surface area contributed by atoms with Gasteiger partial charge < -0.3 is 10.3 Å². The zero-order chi connectivity index (χ0) is 25.2. The predicted molar refractivity (Wildman–Crippen MR) is 152 cm³/mol. The molecule has 180 valence electrons. The second-order valence-electron chi connectivity index (χ2n) is 8.62. The molecule has 5 aromatic rings. The van der Waals surface area contributed by atoms with Crippen molar-refractivity contribution in [3.63, 3.8) is 0 Å². The van der Waals surface area contributed by atoms with Gasteiger partial charge in [0.2, 0.25) is 0 Å². The van der Waals surface area contributed by atoms with Crippen LogP contribution in [-0.4, -0.2) is 25.1 Å². The molecule has 0 spiro atoms. The molecule has 0 aliphatic heterocycles. The molecule has 0 fully saturated rings. The van der Waals surface area contributed by atoms with E-state index in [2.05, 4.69) is 81.7 Å². The Morgan fingerprint density at radius 1 is 1.17 bits per heavy atom. The highest BCUT2D eigenvalue weighted by Crippen LogP contribution is 2.34. The number of rotatable bonds is 7. The summed E-state index contributed by atoms with van der Waals surface area (Å²) < 4.78 is 0. The number of thiophene rings is 1. The Morgan fingerprint density at radius 2 is 2.03 bits per heavy atom. The van der Waals surface area contributed by atoms with Crippen LogP contribution in [-0.2, 0) is 0 Å². The molecule has 0 unspecified atom stereocenters. The van der Waals surface area contributed by atoms with Crippen molar-refractivity contribution in [2.24, 2.45) is 0 Å². The summed E-state index contributed by atoms with van der Waals surface area (Å²) in [6, 6.07) is 10.5. The second kappa shape index (κ2) is 9.79. The van der Waals surface area contributed by atoms with Crippen molar-refractivity contribution in [1.82, 2.24) is 25.1 Å². The van der Waals surface area contributed by atoms with E-state index in [0.717, 1.165) is 67.5 Å². The standard InChI is InChI=1S/C29H28N6S/c1-6-18(4)32-21-13-20(15-30-16-21)17(3)12-24-25(7-2)34-35-28(24)26-14-23-22(10-11-31-29(23)33-26)27-9-8-19(5)36-27/h7-16,32,34H,3-4,6H2,1-2,5H3,(H,31,33)/b24-12+,25-7+. The second-order valence-corrected chi connectivity index (χ2v) is 9.90. The topological polar surface area (TPSA) is 82.3 Å². The molecule has 0 aliphatic carbocycles. The van der Waals surface area contributed by atoms with E-state index < -0.39 is 0 Å². The Bertz CT molecular complexity index is 1720. The molecular weight excluding hydrogens is 464 g/mol. The van der Waals surface area contributed by atoms with Gasteiger partial charge in [-0.3, -0.25) is 10.1 Å². The first-order valence-corrected chi connectivity index (χ1v) is 12.6. The van der Waals surface area contributed by atoms with Gasteiger partial charge in [-0.2, -0.15) is 5.10 Å². The van der Waals surface area contributed by atoms with Gasteiger partial charge in [-0.05, 0) is 62.2 Å². The van der Waals surface area contributed by atoms with E-state index in [-0.39, 0.29) is 0 Å². The predicted octanol–water partition coefficient (Wildman–Crippen LogP) is 6.01. The maximum absolute atomic E-state index is 4.65. The van der Waals surface area contributed by atoms with Gasteiger partial charge in [-0.1, -0.05) is 26.2 Å². The lowest BCUT2D eigenvalue weighted by molar-refractivity contribution is 1.06. The number of pyridine rings is 2.